The van der Waals surface area contributed by atoms with Crippen molar-refractivity contribution in [3.8, 4) is 0 Å². The maximum Gasteiger partial charge on any atom is 0.140 e. The molecule has 0 saturated carbocycles. The van der Waals surface area contributed by atoms with Crippen molar-refractivity contribution in [1.29, 1.82) is 0 Å². The van der Waals surface area contributed by atoms with Crippen LogP contribution in [0.3, 0.4) is 0 Å². The Bertz CT molecular complexity index is 307. The highest BCUT2D eigenvalue weighted by molar-refractivity contribution is 5.02. The molecule has 4 nitrogen and oxygen atoms in total. The Balaban J connectivity index is 2.88. The van der Waals surface area contributed by atoms with Crippen molar-refractivity contribution in [2.75, 3.05) is 6.61 Å². The van der Waals surface area contributed by atoms with Crippen LogP contribution in [-0.2, 0) is 11.3 Å². The molecule has 0 aromatic carbocycles. The molecule has 0 radical (unpaired) electrons. The van der Waals surface area contributed by atoms with E-state index in [0.29, 0.717) is 12.4 Å². The van der Waals surface area contributed by atoms with Crippen LogP contribution in [0.4, 0.5) is 0 Å². The molecule has 0 fully saturated rings. The predicted molar refractivity (Wildman–Crippen MR) is 58.6 cm³/mol. The van der Waals surface area contributed by atoms with Crippen molar-refractivity contribution in [2.45, 2.75) is 45.9 Å². The van der Waals surface area contributed by atoms with Crippen LogP contribution in [0.25, 0.3) is 0 Å². The van der Waals surface area contributed by atoms with Gasteiger partial charge in [-0.05, 0) is 27.7 Å². The molecule has 0 aliphatic heterocycles. The Labute approximate surface area is 90.9 Å². The molecule has 1 rings (SSSR count). The largest absolute Gasteiger partial charge is 0.382 e. The molecule has 86 valence electrons. The molecule has 1 aromatic heterocycles. The molecule has 15 heavy (non-hydrogen) atoms. The fourth-order valence-electron chi connectivity index (χ4n) is 1.60. The smallest absolute Gasteiger partial charge is 0.140 e. The zero-order chi connectivity index (χ0) is 11.5. The van der Waals surface area contributed by atoms with Crippen molar-refractivity contribution in [3.05, 3.63) is 18.2 Å². The van der Waals surface area contributed by atoms with Gasteiger partial charge < -0.3 is 14.4 Å². The van der Waals surface area contributed by atoms with E-state index in [0.717, 1.165) is 6.54 Å². The van der Waals surface area contributed by atoms with Gasteiger partial charge in [0.25, 0.3) is 0 Å². The fourth-order valence-corrected chi connectivity index (χ4v) is 1.60. The highest BCUT2D eigenvalue weighted by atomic mass is 16.5. The van der Waals surface area contributed by atoms with Crippen LogP contribution in [0.2, 0.25) is 0 Å². The van der Waals surface area contributed by atoms with Crippen molar-refractivity contribution in [2.24, 2.45) is 0 Å². The zero-order valence-corrected chi connectivity index (χ0v) is 9.90. The summed E-state index contributed by atoms with van der Waals surface area (Å²) in [5.74, 6) is 0.663. The quantitative estimate of drug-likeness (QED) is 0.809. The molecule has 1 heterocycles. The number of aromatic nitrogens is 2. The number of aryl methyl sites for hydroxylation is 1. The maximum atomic E-state index is 10.2. The zero-order valence-electron chi connectivity index (χ0n) is 9.90. The van der Waals surface area contributed by atoms with Gasteiger partial charge >= 0.3 is 0 Å². The van der Waals surface area contributed by atoms with E-state index >= 15 is 0 Å². The molecule has 1 aromatic rings. The minimum atomic E-state index is -0.701. The van der Waals surface area contributed by atoms with Crippen LogP contribution in [0.15, 0.2) is 12.4 Å². The van der Waals surface area contributed by atoms with Crippen LogP contribution < -0.4 is 0 Å². The fraction of sp³-hybridized carbons (Fsp3) is 0.727. The van der Waals surface area contributed by atoms with Crippen LogP contribution >= 0.6 is 0 Å². The minimum absolute atomic E-state index is 0.580. The molecule has 0 bridgehead atoms. The third kappa shape index (κ3) is 2.58. The van der Waals surface area contributed by atoms with E-state index < -0.39 is 11.7 Å². The Kier molecular flexibility index (Phi) is 3.88. The van der Waals surface area contributed by atoms with Crippen LogP contribution in [0, 0.1) is 0 Å². The summed E-state index contributed by atoms with van der Waals surface area (Å²) in [7, 11) is 0. The third-order valence-electron chi connectivity index (χ3n) is 2.51. The highest BCUT2D eigenvalue weighted by Crippen LogP contribution is 2.27. The van der Waals surface area contributed by atoms with Gasteiger partial charge in [0.15, 0.2) is 0 Å². The van der Waals surface area contributed by atoms with E-state index in [-0.39, 0.29) is 0 Å². The van der Waals surface area contributed by atoms with E-state index in [9.17, 15) is 5.11 Å². The number of hydrogen-bond acceptors (Lipinski definition) is 3. The summed E-state index contributed by atoms with van der Waals surface area (Å²) in [5.41, 5.74) is -0.604. The average molecular weight is 212 g/mol. The van der Waals surface area contributed by atoms with E-state index in [1.807, 2.05) is 38.5 Å². The molecule has 1 N–H and O–H groups in total. The Morgan fingerprint density at radius 3 is 2.73 bits per heavy atom. The van der Waals surface area contributed by atoms with E-state index in [4.69, 9.17) is 4.74 Å². The molecular formula is C11H20N2O2. The Hall–Kier alpha value is -0.870. The number of aliphatic hydroxyl groups is 1. The molecule has 0 spiro atoms. The second-order valence-corrected chi connectivity index (χ2v) is 4.01. The van der Waals surface area contributed by atoms with Crippen LogP contribution in [0.1, 0.15) is 39.6 Å². The van der Waals surface area contributed by atoms with E-state index in [1.165, 1.54) is 0 Å². The number of nitrogens with zero attached hydrogens (tertiary/aromatic N) is 2. The summed E-state index contributed by atoms with van der Waals surface area (Å²) in [6.45, 7) is 9.06. The second-order valence-electron chi connectivity index (χ2n) is 4.01. The standard InChI is InChI=1S/C11H20N2O2/c1-5-13-8-7-12-10(13)9(14)11(3,4)15-6-2/h7-9,14H,5-6H2,1-4H3. The van der Waals surface area contributed by atoms with Crippen LogP contribution in [-0.4, -0.2) is 26.9 Å². The maximum absolute atomic E-state index is 10.2. The summed E-state index contributed by atoms with van der Waals surface area (Å²) >= 11 is 0. The minimum Gasteiger partial charge on any atom is -0.382 e. The number of hydrogen-bond donors (Lipinski definition) is 1. The SMILES string of the molecule is CCOC(C)(C)C(O)c1nccn1CC. The Morgan fingerprint density at radius 2 is 2.20 bits per heavy atom. The predicted octanol–water partition coefficient (Wildman–Crippen LogP) is 1.75. The molecular weight excluding hydrogens is 192 g/mol. The van der Waals surface area contributed by atoms with Gasteiger partial charge in [-0.3, -0.25) is 0 Å². The summed E-state index contributed by atoms with van der Waals surface area (Å²) in [5, 5.41) is 10.2. The second kappa shape index (κ2) is 4.77. The monoisotopic (exact) mass is 212 g/mol. The topological polar surface area (TPSA) is 47.3 Å². The van der Waals surface area contributed by atoms with Gasteiger partial charge in [-0.15, -0.1) is 0 Å². The van der Waals surface area contributed by atoms with Crippen LogP contribution in [0.5, 0.6) is 0 Å². The van der Waals surface area contributed by atoms with Gasteiger partial charge in [-0.25, -0.2) is 4.98 Å². The van der Waals surface area contributed by atoms with Crippen molar-refractivity contribution in [1.82, 2.24) is 9.55 Å². The summed E-state index contributed by atoms with van der Waals surface area (Å²) < 4.78 is 7.43. The summed E-state index contributed by atoms with van der Waals surface area (Å²) in [6.07, 6.45) is 2.86. The lowest BCUT2D eigenvalue weighted by Crippen LogP contribution is -2.34. The molecule has 4 heteroatoms. The lowest BCUT2D eigenvalue weighted by atomic mass is 10.0. The summed E-state index contributed by atoms with van der Waals surface area (Å²) in [4.78, 5) is 4.17. The van der Waals surface area contributed by atoms with Gasteiger partial charge in [0.1, 0.15) is 11.9 Å². The van der Waals surface area contributed by atoms with Gasteiger partial charge in [0.05, 0.1) is 5.60 Å². The molecule has 0 aliphatic rings. The van der Waals surface area contributed by atoms with E-state index in [1.54, 1.807) is 6.20 Å². The first-order valence-corrected chi connectivity index (χ1v) is 5.36. The molecule has 1 atom stereocenters. The van der Waals surface area contributed by atoms with Crippen molar-refractivity contribution < 1.29 is 9.84 Å². The van der Waals surface area contributed by atoms with Gasteiger partial charge in [0.2, 0.25) is 0 Å². The Morgan fingerprint density at radius 1 is 1.53 bits per heavy atom. The lowest BCUT2D eigenvalue weighted by molar-refractivity contribution is -0.102. The molecule has 0 aliphatic carbocycles. The first kappa shape index (κ1) is 12.2. The average Bonchev–Trinajstić information content (AvgIpc) is 2.63. The van der Waals surface area contributed by atoms with Gasteiger partial charge in [-0.2, -0.15) is 0 Å². The molecule has 0 amide bonds. The normalized spacial score (nSPS) is 14.2. The number of rotatable bonds is 5. The van der Waals surface area contributed by atoms with Gasteiger partial charge in [0, 0.05) is 25.5 Å². The number of ether oxygens (including phenoxy) is 1. The third-order valence-corrected chi connectivity index (χ3v) is 2.51. The lowest BCUT2D eigenvalue weighted by Gasteiger charge is -2.30. The number of aliphatic hydroxyl groups excluding tert-OH is 1. The van der Waals surface area contributed by atoms with E-state index in [2.05, 4.69) is 4.98 Å². The molecule has 1 unspecified atom stereocenters. The van der Waals surface area contributed by atoms with Crippen molar-refractivity contribution >= 4 is 0 Å². The summed E-state index contributed by atoms with van der Waals surface area (Å²) in [6, 6.07) is 0. The number of imidazole rings is 1. The first-order chi connectivity index (χ1) is 7.03. The van der Waals surface area contributed by atoms with Gasteiger partial charge in [-0.1, -0.05) is 0 Å². The highest BCUT2D eigenvalue weighted by Gasteiger charge is 2.32. The molecule has 0 saturated heterocycles. The van der Waals surface area contributed by atoms with Crippen molar-refractivity contribution in [3.63, 3.8) is 0 Å². The first-order valence-electron chi connectivity index (χ1n) is 5.36.